The number of benzene rings is 2. The molecule has 33 heavy (non-hydrogen) atoms. The molecule has 3 N–H and O–H groups in total. The van der Waals surface area contributed by atoms with Gasteiger partial charge in [-0.05, 0) is 36.4 Å². The van der Waals surface area contributed by atoms with E-state index < -0.39 is 21.9 Å². The van der Waals surface area contributed by atoms with Gasteiger partial charge in [-0.2, -0.15) is 5.10 Å². The number of β-amino-alcohol motifs (C(OH)–C–C–N with tert-alkyl or cyclic N) is 1. The number of halogens is 3. The summed E-state index contributed by atoms with van der Waals surface area (Å²) in [7, 11) is -4.19. The van der Waals surface area contributed by atoms with E-state index in [2.05, 4.69) is 24.9 Å². The van der Waals surface area contributed by atoms with Crippen molar-refractivity contribution in [1.82, 2.24) is 20.2 Å². The van der Waals surface area contributed by atoms with Crippen LogP contribution in [0.15, 0.2) is 47.5 Å². The van der Waals surface area contributed by atoms with Crippen LogP contribution < -0.4 is 9.62 Å². The summed E-state index contributed by atoms with van der Waals surface area (Å²) < 4.78 is 42.5. The molecule has 5 rings (SSSR count). The van der Waals surface area contributed by atoms with Crippen LogP contribution in [0, 0.1) is 5.82 Å². The van der Waals surface area contributed by atoms with E-state index in [4.69, 9.17) is 23.2 Å². The van der Waals surface area contributed by atoms with Crippen molar-refractivity contribution in [2.45, 2.75) is 11.0 Å². The Labute approximate surface area is 197 Å². The van der Waals surface area contributed by atoms with Gasteiger partial charge in [0.25, 0.3) is 10.0 Å². The van der Waals surface area contributed by atoms with Crippen LogP contribution in [-0.4, -0.2) is 52.9 Å². The van der Waals surface area contributed by atoms with Crippen LogP contribution in [0.2, 0.25) is 10.0 Å². The maximum Gasteiger partial charge on any atom is 0.263 e. The smallest absolute Gasteiger partial charge is 0.263 e. The fourth-order valence-electron chi connectivity index (χ4n) is 3.44. The van der Waals surface area contributed by atoms with Gasteiger partial charge in [-0.25, -0.2) is 22.8 Å². The van der Waals surface area contributed by atoms with Gasteiger partial charge in [-0.3, -0.25) is 9.82 Å². The second kappa shape index (κ2) is 8.10. The van der Waals surface area contributed by atoms with E-state index in [0.717, 1.165) is 6.07 Å². The van der Waals surface area contributed by atoms with Crippen LogP contribution in [-0.2, 0) is 10.0 Å². The summed E-state index contributed by atoms with van der Waals surface area (Å²) in [5.41, 5.74) is 0.510. The largest absolute Gasteiger partial charge is 0.389 e. The van der Waals surface area contributed by atoms with Gasteiger partial charge in [-0.1, -0.05) is 23.2 Å². The van der Waals surface area contributed by atoms with E-state index >= 15 is 0 Å². The van der Waals surface area contributed by atoms with E-state index in [1.54, 1.807) is 6.20 Å². The second-order valence-corrected chi connectivity index (χ2v) is 9.93. The van der Waals surface area contributed by atoms with Crippen molar-refractivity contribution in [3.8, 4) is 11.4 Å². The lowest BCUT2D eigenvalue weighted by atomic mass is 10.1. The van der Waals surface area contributed by atoms with Gasteiger partial charge in [0, 0.05) is 23.7 Å². The molecule has 9 nitrogen and oxygen atoms in total. The van der Waals surface area contributed by atoms with Gasteiger partial charge in [0.2, 0.25) is 0 Å². The van der Waals surface area contributed by atoms with Crippen LogP contribution in [0.5, 0.6) is 0 Å². The zero-order chi connectivity index (χ0) is 23.3. The van der Waals surface area contributed by atoms with Crippen molar-refractivity contribution in [3.05, 3.63) is 58.5 Å². The Hall–Kier alpha value is -2.99. The monoisotopic (exact) mass is 508 g/mol. The zero-order valence-electron chi connectivity index (χ0n) is 16.6. The molecule has 4 aromatic rings. The zero-order valence-corrected chi connectivity index (χ0v) is 19.0. The fraction of sp³-hybridized carbons (Fsp3) is 0.150. The molecule has 1 saturated heterocycles. The summed E-state index contributed by atoms with van der Waals surface area (Å²) in [6.07, 6.45) is 1.14. The number of aliphatic hydroxyl groups excluding tert-OH is 1. The molecule has 1 aliphatic heterocycles. The number of hydrogen-bond donors (Lipinski definition) is 3. The number of rotatable bonds is 5. The summed E-state index contributed by atoms with van der Waals surface area (Å²) in [6, 6.07) is 7.87. The van der Waals surface area contributed by atoms with Gasteiger partial charge < -0.3 is 10.0 Å². The minimum Gasteiger partial charge on any atom is -0.389 e. The van der Waals surface area contributed by atoms with Gasteiger partial charge in [0.1, 0.15) is 16.5 Å². The third kappa shape index (κ3) is 4.08. The highest BCUT2D eigenvalue weighted by Crippen LogP contribution is 2.32. The number of anilines is 2. The average Bonchev–Trinajstić information content (AvgIpc) is 3.22. The van der Waals surface area contributed by atoms with E-state index in [-0.39, 0.29) is 26.5 Å². The normalized spacial score (nSPS) is 14.5. The van der Waals surface area contributed by atoms with Crippen molar-refractivity contribution in [2.24, 2.45) is 0 Å². The first-order valence-electron chi connectivity index (χ1n) is 9.63. The van der Waals surface area contributed by atoms with E-state index in [9.17, 15) is 17.9 Å². The highest BCUT2D eigenvalue weighted by Gasteiger charge is 2.28. The van der Waals surface area contributed by atoms with Crippen LogP contribution in [0.4, 0.5) is 15.9 Å². The predicted octanol–water partition coefficient (Wildman–Crippen LogP) is 3.45. The quantitative estimate of drug-likeness (QED) is 0.377. The molecule has 1 fully saturated rings. The first kappa shape index (κ1) is 21.8. The lowest BCUT2D eigenvalue weighted by Gasteiger charge is -2.37. The average molecular weight is 509 g/mol. The number of nitrogens with one attached hydrogen (secondary N) is 2. The molecule has 2 aromatic heterocycles. The molecule has 0 aliphatic carbocycles. The van der Waals surface area contributed by atoms with Gasteiger partial charge in [0.05, 0.1) is 28.4 Å². The van der Waals surface area contributed by atoms with Gasteiger partial charge in [-0.15, -0.1) is 0 Å². The highest BCUT2D eigenvalue weighted by atomic mass is 35.5. The molecule has 2 aromatic carbocycles. The van der Waals surface area contributed by atoms with Crippen molar-refractivity contribution in [2.75, 3.05) is 22.7 Å². The number of aromatic amines is 1. The molecule has 1 aliphatic rings. The second-order valence-electron chi connectivity index (χ2n) is 7.44. The first-order chi connectivity index (χ1) is 15.7. The van der Waals surface area contributed by atoms with E-state index in [1.807, 2.05) is 4.90 Å². The fourth-order valence-corrected chi connectivity index (χ4v) is 5.27. The molecule has 0 spiro atoms. The Kier molecular flexibility index (Phi) is 5.36. The summed E-state index contributed by atoms with van der Waals surface area (Å²) in [5.74, 6) is -0.0485. The summed E-state index contributed by atoms with van der Waals surface area (Å²) in [4.78, 5) is 10.5. The molecule has 0 amide bonds. The molecule has 170 valence electrons. The number of nitrogens with zero attached hydrogens (tertiary/aromatic N) is 4. The third-order valence-corrected chi connectivity index (χ3v) is 7.19. The minimum absolute atomic E-state index is 0.0474. The SMILES string of the molecule is O=S(=O)(Nc1ccc(-c2nc(N3CC(O)C3)c3cn[nH]c3n2)cc1F)c1cc(Cl)ccc1Cl. The molecule has 0 bridgehead atoms. The molecule has 13 heteroatoms. The molecule has 0 atom stereocenters. The first-order valence-corrected chi connectivity index (χ1v) is 11.9. The van der Waals surface area contributed by atoms with Crippen LogP contribution in [0.3, 0.4) is 0 Å². The molecule has 0 radical (unpaired) electrons. The number of fused-ring (bicyclic) bond motifs is 1. The summed E-state index contributed by atoms with van der Waals surface area (Å²) in [5, 5.41) is 17.2. The molecule has 3 heterocycles. The standard InChI is InChI=1S/C20H15Cl2FN6O3S/c21-11-2-3-14(22)17(6-11)33(31,32)28-16-4-1-10(5-15(16)23)18-25-19-13(7-24-27-19)20(26-18)29-8-12(30)9-29/h1-7,12,28,30H,8-9H2,(H,24,25,26,27). The van der Waals surface area contributed by atoms with Crippen molar-refractivity contribution in [3.63, 3.8) is 0 Å². The van der Waals surface area contributed by atoms with E-state index in [0.29, 0.717) is 35.5 Å². The Morgan fingerprint density at radius 2 is 1.94 bits per heavy atom. The Balaban J connectivity index is 1.48. The minimum atomic E-state index is -4.19. The van der Waals surface area contributed by atoms with Crippen molar-refractivity contribution >= 4 is 55.8 Å². The Morgan fingerprint density at radius 3 is 2.67 bits per heavy atom. The lowest BCUT2D eigenvalue weighted by Crippen LogP contribution is -2.51. The molecular formula is C20H15Cl2FN6O3S. The predicted molar refractivity (Wildman–Crippen MR) is 123 cm³/mol. The third-order valence-electron chi connectivity index (χ3n) is 5.11. The number of aliphatic hydroxyl groups is 1. The maximum absolute atomic E-state index is 14.9. The molecule has 0 unspecified atom stereocenters. The topological polar surface area (TPSA) is 124 Å². The number of hydrogen-bond acceptors (Lipinski definition) is 7. The van der Waals surface area contributed by atoms with Gasteiger partial charge in [0.15, 0.2) is 11.5 Å². The summed E-state index contributed by atoms with van der Waals surface area (Å²) in [6.45, 7) is 0.829. The van der Waals surface area contributed by atoms with Crippen molar-refractivity contribution < 1.29 is 17.9 Å². The van der Waals surface area contributed by atoms with Gasteiger partial charge >= 0.3 is 0 Å². The molecular weight excluding hydrogens is 494 g/mol. The molecule has 0 saturated carbocycles. The Bertz CT molecular complexity index is 1490. The Morgan fingerprint density at radius 1 is 1.15 bits per heavy atom. The van der Waals surface area contributed by atoms with Crippen LogP contribution >= 0.6 is 23.2 Å². The van der Waals surface area contributed by atoms with Crippen LogP contribution in [0.1, 0.15) is 0 Å². The lowest BCUT2D eigenvalue weighted by molar-refractivity contribution is 0.141. The summed E-state index contributed by atoms with van der Waals surface area (Å²) >= 11 is 11.9. The highest BCUT2D eigenvalue weighted by molar-refractivity contribution is 7.92. The van der Waals surface area contributed by atoms with Crippen molar-refractivity contribution in [1.29, 1.82) is 0 Å². The maximum atomic E-state index is 14.9. The number of aromatic nitrogens is 4. The number of H-pyrrole nitrogens is 1. The van der Waals surface area contributed by atoms with E-state index in [1.165, 1.54) is 30.3 Å². The van der Waals surface area contributed by atoms with Crippen LogP contribution in [0.25, 0.3) is 22.4 Å². The number of sulfonamides is 1.